The van der Waals surface area contributed by atoms with Gasteiger partial charge in [-0.15, -0.1) is 0 Å². The number of hydrogen-bond acceptors (Lipinski definition) is 2. The molecule has 3 aromatic rings. The average Bonchev–Trinajstić information content (AvgIpc) is 2.45. The Kier molecular flexibility index (Phi) is 3.24. The zero-order chi connectivity index (χ0) is 14.1. The zero-order valence-corrected chi connectivity index (χ0v) is 11.8. The summed E-state index contributed by atoms with van der Waals surface area (Å²) in [5.74, 6) is 0.0742. The van der Waals surface area contributed by atoms with Crippen LogP contribution in [-0.4, -0.2) is 9.97 Å². The van der Waals surface area contributed by atoms with Crippen LogP contribution in [0.2, 0.25) is 0 Å². The van der Waals surface area contributed by atoms with Crippen molar-refractivity contribution >= 4 is 23.0 Å². The van der Waals surface area contributed by atoms with Crippen molar-refractivity contribution in [3.05, 3.63) is 74.9 Å². The molecule has 4 heteroatoms. The lowest BCUT2D eigenvalue weighted by Gasteiger charge is -2.14. The van der Waals surface area contributed by atoms with Crippen molar-refractivity contribution in [1.82, 2.24) is 9.97 Å². The smallest absolute Gasteiger partial charge is 0.251 e. The van der Waals surface area contributed by atoms with Gasteiger partial charge in [0.1, 0.15) is 0 Å². The van der Waals surface area contributed by atoms with Gasteiger partial charge >= 0.3 is 0 Å². The maximum absolute atomic E-state index is 11.6. The van der Waals surface area contributed by atoms with Gasteiger partial charge in [0, 0.05) is 17.7 Å². The third-order valence-electron chi connectivity index (χ3n) is 3.54. The Hall–Kier alpha value is -2.20. The third kappa shape index (κ3) is 2.30. The molecule has 2 N–H and O–H groups in total. The first-order chi connectivity index (χ1) is 9.65. The van der Waals surface area contributed by atoms with Crippen LogP contribution in [0.3, 0.4) is 0 Å². The molecule has 2 aromatic carbocycles. The van der Waals surface area contributed by atoms with Gasteiger partial charge < -0.3 is 4.98 Å². The van der Waals surface area contributed by atoms with Crippen LogP contribution < -0.4 is 5.56 Å². The predicted molar refractivity (Wildman–Crippen MR) is 83.7 cm³/mol. The van der Waals surface area contributed by atoms with E-state index in [2.05, 4.69) is 41.2 Å². The second-order valence-electron chi connectivity index (χ2n) is 4.83. The normalized spacial score (nSPS) is 12.4. The molecule has 1 aromatic heterocycles. The molecule has 3 nitrogen and oxygen atoms in total. The highest BCUT2D eigenvalue weighted by molar-refractivity contribution is 7.71. The highest BCUT2D eigenvalue weighted by atomic mass is 32.1. The monoisotopic (exact) mass is 282 g/mol. The molecule has 100 valence electrons. The number of nitrogens with one attached hydrogen (secondary N) is 2. The van der Waals surface area contributed by atoms with E-state index < -0.39 is 0 Å². The largest absolute Gasteiger partial charge is 0.335 e. The van der Waals surface area contributed by atoms with E-state index in [0.29, 0.717) is 4.77 Å². The van der Waals surface area contributed by atoms with Gasteiger partial charge in [-0.1, -0.05) is 49.4 Å². The summed E-state index contributed by atoms with van der Waals surface area (Å²) in [6, 6.07) is 16.0. The Labute approximate surface area is 121 Å². The van der Waals surface area contributed by atoms with E-state index >= 15 is 0 Å². The lowest BCUT2D eigenvalue weighted by Crippen LogP contribution is -2.11. The number of rotatable bonds is 2. The maximum Gasteiger partial charge on any atom is 0.251 e. The minimum absolute atomic E-state index is 0.0742. The fourth-order valence-corrected chi connectivity index (χ4v) is 2.73. The highest BCUT2D eigenvalue weighted by Crippen LogP contribution is 2.28. The van der Waals surface area contributed by atoms with E-state index in [1.165, 1.54) is 16.3 Å². The molecular formula is C16H14N2OS. The van der Waals surface area contributed by atoms with Crippen LogP contribution >= 0.6 is 12.2 Å². The fourth-order valence-electron chi connectivity index (χ4n) is 2.52. The summed E-state index contributed by atoms with van der Waals surface area (Å²) in [5, 5.41) is 2.39. The van der Waals surface area contributed by atoms with Gasteiger partial charge in [0.2, 0.25) is 0 Å². The van der Waals surface area contributed by atoms with Gasteiger partial charge in [-0.2, -0.15) is 0 Å². The quantitative estimate of drug-likeness (QED) is 0.703. The van der Waals surface area contributed by atoms with Crippen molar-refractivity contribution in [2.45, 2.75) is 12.8 Å². The molecule has 1 atom stereocenters. The predicted octanol–water partition coefficient (Wildman–Crippen LogP) is 3.74. The summed E-state index contributed by atoms with van der Waals surface area (Å²) in [6.07, 6.45) is 0. The number of benzene rings is 2. The molecular weight excluding hydrogens is 268 g/mol. The first-order valence-electron chi connectivity index (χ1n) is 6.46. The molecule has 0 aliphatic rings. The first-order valence-corrected chi connectivity index (χ1v) is 6.87. The molecule has 3 rings (SSSR count). The van der Waals surface area contributed by atoms with Crippen molar-refractivity contribution < 1.29 is 0 Å². The third-order valence-corrected chi connectivity index (χ3v) is 3.74. The van der Waals surface area contributed by atoms with Crippen molar-refractivity contribution in [3.63, 3.8) is 0 Å². The van der Waals surface area contributed by atoms with Crippen molar-refractivity contribution in [3.8, 4) is 0 Å². The number of H-pyrrole nitrogens is 2. The van der Waals surface area contributed by atoms with E-state index in [1.54, 1.807) is 6.07 Å². The molecule has 0 fully saturated rings. The highest BCUT2D eigenvalue weighted by Gasteiger charge is 2.12. The molecule has 0 unspecified atom stereocenters. The average molecular weight is 282 g/mol. The summed E-state index contributed by atoms with van der Waals surface area (Å²) in [4.78, 5) is 17.2. The Morgan fingerprint density at radius 1 is 1.05 bits per heavy atom. The molecule has 0 amide bonds. The molecule has 20 heavy (non-hydrogen) atoms. The number of aromatic amines is 2. The summed E-state index contributed by atoms with van der Waals surface area (Å²) in [6.45, 7) is 2.07. The van der Waals surface area contributed by atoms with Crippen LogP contribution in [0.4, 0.5) is 0 Å². The van der Waals surface area contributed by atoms with Crippen LogP contribution in [0.25, 0.3) is 10.8 Å². The van der Waals surface area contributed by atoms with Gasteiger partial charge in [0.05, 0.1) is 0 Å². The molecule has 0 spiro atoms. The fraction of sp³-hybridized carbons (Fsp3) is 0.125. The molecule has 0 aliphatic carbocycles. The van der Waals surface area contributed by atoms with Crippen LogP contribution in [0.15, 0.2) is 53.3 Å². The Morgan fingerprint density at radius 3 is 2.60 bits per heavy atom. The van der Waals surface area contributed by atoms with Crippen molar-refractivity contribution in [2.75, 3.05) is 0 Å². The maximum atomic E-state index is 11.6. The minimum Gasteiger partial charge on any atom is -0.335 e. The molecule has 0 saturated carbocycles. The topological polar surface area (TPSA) is 48.6 Å². The Morgan fingerprint density at radius 2 is 1.80 bits per heavy atom. The summed E-state index contributed by atoms with van der Waals surface area (Å²) >= 11 is 5.04. The standard InChI is InChI=1S/C16H14N2OS/c1-10(14-9-15(19)18-16(20)17-14)12-8-4-6-11-5-2-3-7-13(11)12/h2-10H,1H3,(H2,17,18,19,20)/t10-/m0/s1. The second-order valence-corrected chi connectivity index (χ2v) is 5.24. The number of fused-ring (bicyclic) bond motifs is 1. The molecule has 1 heterocycles. The van der Waals surface area contributed by atoms with Gasteiger partial charge in [-0.05, 0) is 28.6 Å². The van der Waals surface area contributed by atoms with Crippen molar-refractivity contribution in [1.29, 1.82) is 0 Å². The van der Waals surface area contributed by atoms with E-state index in [1.807, 2.05) is 18.2 Å². The summed E-state index contributed by atoms with van der Waals surface area (Å²) in [7, 11) is 0. The molecule has 0 radical (unpaired) electrons. The van der Waals surface area contributed by atoms with Crippen LogP contribution in [0, 0.1) is 4.77 Å². The van der Waals surface area contributed by atoms with Gasteiger partial charge in [0.25, 0.3) is 5.56 Å². The summed E-state index contributed by atoms with van der Waals surface area (Å²) < 4.78 is 0.361. The first kappa shape index (κ1) is 12.8. The van der Waals surface area contributed by atoms with Crippen LogP contribution in [-0.2, 0) is 0 Å². The van der Waals surface area contributed by atoms with E-state index in [0.717, 1.165) is 5.69 Å². The molecule has 0 aliphatic heterocycles. The zero-order valence-electron chi connectivity index (χ0n) is 11.0. The lowest BCUT2D eigenvalue weighted by atomic mass is 9.92. The summed E-state index contributed by atoms with van der Waals surface area (Å²) in [5.41, 5.74) is 1.84. The Bertz CT molecular complexity index is 846. The van der Waals surface area contributed by atoms with Crippen LogP contribution in [0.5, 0.6) is 0 Å². The molecule has 0 bridgehead atoms. The van der Waals surface area contributed by atoms with Gasteiger partial charge in [0.15, 0.2) is 4.77 Å². The van der Waals surface area contributed by atoms with Crippen molar-refractivity contribution in [2.24, 2.45) is 0 Å². The van der Waals surface area contributed by atoms with E-state index in [9.17, 15) is 4.79 Å². The van der Waals surface area contributed by atoms with Gasteiger partial charge in [-0.25, -0.2) is 0 Å². The van der Waals surface area contributed by atoms with Crippen LogP contribution in [0.1, 0.15) is 24.1 Å². The Balaban J connectivity index is 2.20. The van der Waals surface area contributed by atoms with E-state index in [-0.39, 0.29) is 11.5 Å². The molecule has 0 saturated heterocycles. The van der Waals surface area contributed by atoms with E-state index in [4.69, 9.17) is 12.2 Å². The SMILES string of the molecule is C[C@H](c1cc(=O)[nH]c(=S)[nH]1)c1cccc2ccccc12. The van der Waals surface area contributed by atoms with Gasteiger partial charge in [-0.3, -0.25) is 9.78 Å². The lowest BCUT2D eigenvalue weighted by molar-refractivity contribution is 0.853. The minimum atomic E-state index is -0.171. The number of aromatic nitrogens is 2. The second kappa shape index (κ2) is 5.06. The number of hydrogen-bond donors (Lipinski definition) is 2.